The van der Waals surface area contributed by atoms with Crippen molar-refractivity contribution >= 4 is 5.97 Å². The normalized spacial score (nSPS) is 11.7. The van der Waals surface area contributed by atoms with Gasteiger partial charge in [0.25, 0.3) is 0 Å². The second-order valence-corrected chi connectivity index (χ2v) is 4.37. The van der Waals surface area contributed by atoms with Crippen molar-refractivity contribution in [3.05, 3.63) is 42.0 Å². The van der Waals surface area contributed by atoms with Crippen LogP contribution in [0.25, 0.3) is 0 Å². The summed E-state index contributed by atoms with van der Waals surface area (Å²) in [6.07, 6.45) is 1.36. The van der Waals surface area contributed by atoms with Gasteiger partial charge in [0.05, 0.1) is 7.11 Å². The first-order chi connectivity index (χ1) is 9.06. The smallest absolute Gasteiger partial charge is 0.322 e. The van der Waals surface area contributed by atoms with E-state index < -0.39 is 12.0 Å². The zero-order chi connectivity index (χ0) is 14.3. The van der Waals surface area contributed by atoms with Gasteiger partial charge in [0.15, 0.2) is 0 Å². The summed E-state index contributed by atoms with van der Waals surface area (Å²) in [6, 6.07) is 6.89. The molecule has 0 saturated carbocycles. The molecule has 1 unspecified atom stereocenters. The first-order valence-electron chi connectivity index (χ1n) is 6.28. The Bertz CT molecular complexity index is 426. The average Bonchev–Trinajstić information content (AvgIpc) is 2.45. The lowest BCUT2D eigenvalue weighted by Crippen LogP contribution is -2.33. The van der Waals surface area contributed by atoms with Crippen LogP contribution in [0.1, 0.15) is 18.9 Å². The van der Waals surface area contributed by atoms with Gasteiger partial charge in [-0.3, -0.25) is 4.79 Å². The van der Waals surface area contributed by atoms with E-state index in [1.54, 1.807) is 0 Å². The van der Waals surface area contributed by atoms with E-state index in [4.69, 9.17) is 10.5 Å². The maximum Gasteiger partial charge on any atom is 0.322 e. The molecule has 4 heteroatoms. The van der Waals surface area contributed by atoms with E-state index in [0.717, 1.165) is 23.3 Å². The van der Waals surface area contributed by atoms with Gasteiger partial charge in [0.2, 0.25) is 0 Å². The summed E-state index contributed by atoms with van der Waals surface area (Å²) in [5.74, 6) is 0.379. The molecule has 0 radical (unpaired) electrons. The van der Waals surface area contributed by atoms with Crippen LogP contribution in [0.5, 0.6) is 5.75 Å². The van der Waals surface area contributed by atoms with Crippen molar-refractivity contribution in [1.82, 2.24) is 0 Å². The number of carbonyl (C=O) groups excluding carboxylic acids is 1. The molecule has 0 heterocycles. The Hall–Kier alpha value is -1.81. The molecule has 1 aromatic rings. The van der Waals surface area contributed by atoms with Gasteiger partial charge in [-0.25, -0.2) is 0 Å². The minimum atomic E-state index is -0.628. The van der Waals surface area contributed by atoms with E-state index in [2.05, 4.69) is 11.3 Å². The second kappa shape index (κ2) is 7.59. The van der Waals surface area contributed by atoms with Crippen molar-refractivity contribution in [2.75, 3.05) is 13.7 Å². The fraction of sp³-hybridized carbons (Fsp3) is 0.400. The zero-order valence-electron chi connectivity index (χ0n) is 11.5. The second-order valence-electron chi connectivity index (χ2n) is 4.37. The molecule has 0 spiro atoms. The Balaban J connectivity index is 2.52. The molecule has 2 N–H and O–H groups in total. The lowest BCUT2D eigenvalue weighted by atomic mass is 10.1. The summed E-state index contributed by atoms with van der Waals surface area (Å²) in [6.45, 7) is 6.45. The molecule has 1 rings (SSSR count). The summed E-state index contributed by atoms with van der Waals surface area (Å²) in [4.78, 5) is 11.2. The van der Waals surface area contributed by atoms with Crippen LogP contribution in [0, 0.1) is 0 Å². The Kier molecular flexibility index (Phi) is 6.09. The topological polar surface area (TPSA) is 61.5 Å². The Morgan fingerprint density at radius 2 is 2.00 bits per heavy atom. The van der Waals surface area contributed by atoms with Gasteiger partial charge in [0.1, 0.15) is 18.4 Å². The molecule has 104 valence electrons. The molecule has 4 nitrogen and oxygen atoms in total. The van der Waals surface area contributed by atoms with Crippen molar-refractivity contribution in [3.63, 3.8) is 0 Å². The lowest BCUT2D eigenvalue weighted by Gasteiger charge is -2.10. The number of nitrogens with two attached hydrogens (primary N) is 1. The van der Waals surface area contributed by atoms with Crippen LogP contribution in [0.4, 0.5) is 0 Å². The molecule has 0 amide bonds. The summed E-state index contributed by atoms with van der Waals surface area (Å²) in [7, 11) is 1.33. The minimum Gasteiger partial charge on any atom is -0.489 e. The van der Waals surface area contributed by atoms with Gasteiger partial charge in [-0.1, -0.05) is 25.6 Å². The van der Waals surface area contributed by atoms with Gasteiger partial charge in [-0.2, -0.15) is 0 Å². The monoisotopic (exact) mass is 263 g/mol. The van der Waals surface area contributed by atoms with Gasteiger partial charge >= 0.3 is 5.97 Å². The van der Waals surface area contributed by atoms with Crippen LogP contribution in [-0.4, -0.2) is 25.7 Å². The molecule has 19 heavy (non-hydrogen) atoms. The third-order valence-electron chi connectivity index (χ3n) is 2.83. The first-order valence-corrected chi connectivity index (χ1v) is 6.28. The number of carbonyl (C=O) groups is 1. The third-order valence-corrected chi connectivity index (χ3v) is 2.83. The molecule has 1 atom stereocenters. The van der Waals surface area contributed by atoms with E-state index in [9.17, 15) is 4.79 Å². The predicted molar refractivity (Wildman–Crippen MR) is 75.1 cm³/mol. The molecule has 0 aromatic heterocycles. The van der Waals surface area contributed by atoms with Crippen LogP contribution >= 0.6 is 0 Å². The fourth-order valence-electron chi connectivity index (χ4n) is 1.50. The summed E-state index contributed by atoms with van der Waals surface area (Å²) in [5, 5.41) is 0. The molecule has 0 aliphatic rings. The van der Waals surface area contributed by atoms with Crippen LogP contribution in [0.15, 0.2) is 36.4 Å². The van der Waals surface area contributed by atoms with Crippen molar-refractivity contribution in [2.45, 2.75) is 25.8 Å². The van der Waals surface area contributed by atoms with Gasteiger partial charge in [-0.05, 0) is 36.1 Å². The number of benzene rings is 1. The van der Waals surface area contributed by atoms with Gasteiger partial charge in [0, 0.05) is 0 Å². The highest BCUT2D eigenvalue weighted by Gasteiger charge is 2.13. The predicted octanol–water partition coefficient (Wildman–Crippen LogP) is 2.07. The maximum absolute atomic E-state index is 11.2. The molecule has 0 aliphatic carbocycles. The number of esters is 1. The molecular weight excluding hydrogens is 242 g/mol. The van der Waals surface area contributed by atoms with Gasteiger partial charge < -0.3 is 15.2 Å². The maximum atomic E-state index is 11.2. The zero-order valence-corrected chi connectivity index (χ0v) is 11.5. The van der Waals surface area contributed by atoms with Crippen molar-refractivity contribution in [2.24, 2.45) is 5.73 Å². The highest BCUT2D eigenvalue weighted by Crippen LogP contribution is 2.14. The summed E-state index contributed by atoms with van der Waals surface area (Å²) >= 11 is 0. The van der Waals surface area contributed by atoms with Crippen molar-refractivity contribution in [3.8, 4) is 5.75 Å². The van der Waals surface area contributed by atoms with Gasteiger partial charge in [-0.15, -0.1) is 0 Å². The minimum absolute atomic E-state index is 0.403. The van der Waals surface area contributed by atoms with E-state index in [0.29, 0.717) is 13.0 Å². The van der Waals surface area contributed by atoms with Crippen LogP contribution in [0.3, 0.4) is 0 Å². The van der Waals surface area contributed by atoms with E-state index in [1.165, 1.54) is 7.11 Å². The Morgan fingerprint density at radius 3 is 2.53 bits per heavy atom. The highest BCUT2D eigenvalue weighted by atomic mass is 16.5. The van der Waals surface area contributed by atoms with Crippen LogP contribution < -0.4 is 10.5 Å². The number of ether oxygens (including phenoxy) is 2. The Labute approximate surface area is 114 Å². The average molecular weight is 263 g/mol. The van der Waals surface area contributed by atoms with Crippen LogP contribution in [0.2, 0.25) is 0 Å². The molecule has 1 aromatic carbocycles. The summed E-state index contributed by atoms with van der Waals surface area (Å²) in [5.41, 5.74) is 7.72. The SMILES string of the molecule is C=C(CC)COc1ccc(CC(N)C(=O)OC)cc1. The fourth-order valence-corrected chi connectivity index (χ4v) is 1.50. The van der Waals surface area contributed by atoms with Crippen molar-refractivity contribution < 1.29 is 14.3 Å². The number of rotatable bonds is 7. The van der Waals surface area contributed by atoms with E-state index >= 15 is 0 Å². The first kappa shape index (κ1) is 15.2. The lowest BCUT2D eigenvalue weighted by molar-refractivity contribution is -0.142. The van der Waals surface area contributed by atoms with Crippen molar-refractivity contribution in [1.29, 1.82) is 0 Å². The Morgan fingerprint density at radius 1 is 1.37 bits per heavy atom. The third kappa shape index (κ3) is 5.14. The quantitative estimate of drug-likeness (QED) is 0.604. The standard InChI is InChI=1S/C15H21NO3/c1-4-11(2)10-19-13-7-5-12(6-8-13)9-14(16)15(17)18-3/h5-8,14H,2,4,9-10,16H2,1,3H3. The van der Waals surface area contributed by atoms with E-state index in [-0.39, 0.29) is 0 Å². The molecule has 0 bridgehead atoms. The highest BCUT2D eigenvalue weighted by molar-refractivity contribution is 5.75. The number of hydrogen-bond acceptors (Lipinski definition) is 4. The van der Waals surface area contributed by atoms with E-state index in [1.807, 2.05) is 31.2 Å². The molecule has 0 fully saturated rings. The molecular formula is C15H21NO3. The summed E-state index contributed by atoms with van der Waals surface area (Å²) < 4.78 is 10.2. The largest absolute Gasteiger partial charge is 0.489 e. The van der Waals surface area contributed by atoms with Crippen LogP contribution in [-0.2, 0) is 16.0 Å². The number of hydrogen-bond donors (Lipinski definition) is 1. The molecule has 0 saturated heterocycles. The molecule has 0 aliphatic heterocycles. The number of methoxy groups -OCH3 is 1.